The van der Waals surface area contributed by atoms with Gasteiger partial charge >= 0.3 is 0 Å². The predicted octanol–water partition coefficient (Wildman–Crippen LogP) is 1.81. The fourth-order valence-corrected chi connectivity index (χ4v) is 0.811. The van der Waals surface area contributed by atoms with Crippen molar-refractivity contribution in [3.8, 4) is 0 Å². The van der Waals surface area contributed by atoms with Gasteiger partial charge in [0, 0.05) is 19.8 Å². The molecule has 3 nitrogen and oxygen atoms in total. The number of nitrogens with one attached hydrogen (secondary N) is 1. The van der Waals surface area contributed by atoms with Gasteiger partial charge in [0.1, 0.15) is 0 Å². The highest BCUT2D eigenvalue weighted by molar-refractivity contribution is 5.33. The van der Waals surface area contributed by atoms with Crippen molar-refractivity contribution < 1.29 is 0 Å². The molecule has 0 aromatic carbocycles. The molecular formula is C10H19N3. The van der Waals surface area contributed by atoms with Crippen LogP contribution in [-0.2, 0) is 0 Å². The van der Waals surface area contributed by atoms with Crippen molar-refractivity contribution in [2.75, 3.05) is 14.1 Å². The summed E-state index contributed by atoms with van der Waals surface area (Å²) < 4.78 is 0. The van der Waals surface area contributed by atoms with E-state index in [0.29, 0.717) is 11.6 Å². The number of nitrogens with zero attached hydrogens (tertiary/aromatic N) is 2. The molecule has 0 aliphatic rings. The quantitative estimate of drug-likeness (QED) is 0.398. The molecule has 0 saturated heterocycles. The molecule has 0 saturated carbocycles. The lowest BCUT2D eigenvalue weighted by Crippen LogP contribution is -2.31. The molecule has 0 amide bonds. The van der Waals surface area contributed by atoms with E-state index in [-0.39, 0.29) is 0 Å². The number of hydrazine groups is 1. The number of hydrogen-bond acceptors (Lipinski definition) is 3. The summed E-state index contributed by atoms with van der Waals surface area (Å²) in [4.78, 5) is 3.74. The summed E-state index contributed by atoms with van der Waals surface area (Å²) in [6.45, 7) is 11.4. The summed E-state index contributed by atoms with van der Waals surface area (Å²) >= 11 is 0. The van der Waals surface area contributed by atoms with Gasteiger partial charge in [-0.15, -0.1) is 0 Å². The van der Waals surface area contributed by atoms with Gasteiger partial charge in [-0.2, -0.15) is 0 Å². The van der Waals surface area contributed by atoms with Crippen LogP contribution in [0.2, 0.25) is 0 Å². The SMILES string of the molecule is C=NC(=C)/C=C(\NN(C)C)C(C)C. The molecule has 0 fully saturated rings. The minimum atomic E-state index is 0.418. The average molecular weight is 181 g/mol. The first-order valence-corrected chi connectivity index (χ1v) is 4.28. The van der Waals surface area contributed by atoms with E-state index >= 15 is 0 Å². The molecule has 0 aromatic rings. The Morgan fingerprint density at radius 3 is 2.31 bits per heavy atom. The number of allylic oxidation sites excluding steroid dienone is 2. The normalized spacial score (nSPS) is 12.0. The third kappa shape index (κ3) is 5.20. The molecule has 0 spiro atoms. The molecule has 0 unspecified atom stereocenters. The van der Waals surface area contributed by atoms with Crippen LogP contribution in [0.1, 0.15) is 13.8 Å². The van der Waals surface area contributed by atoms with E-state index in [9.17, 15) is 0 Å². The highest BCUT2D eigenvalue weighted by atomic mass is 15.5. The maximum absolute atomic E-state index is 3.74. The largest absolute Gasteiger partial charge is 0.323 e. The van der Waals surface area contributed by atoms with Gasteiger partial charge in [-0.05, 0) is 18.7 Å². The van der Waals surface area contributed by atoms with Crippen LogP contribution in [0.25, 0.3) is 0 Å². The minimum absolute atomic E-state index is 0.418. The molecule has 3 heteroatoms. The Balaban J connectivity index is 4.49. The molecule has 0 rings (SSSR count). The minimum Gasteiger partial charge on any atom is -0.323 e. The van der Waals surface area contributed by atoms with Gasteiger partial charge in [0.2, 0.25) is 0 Å². The van der Waals surface area contributed by atoms with Crippen LogP contribution in [0, 0.1) is 5.92 Å². The van der Waals surface area contributed by atoms with E-state index in [1.165, 1.54) is 0 Å². The molecule has 0 aliphatic carbocycles. The number of rotatable bonds is 5. The third-order valence-electron chi connectivity index (χ3n) is 1.50. The van der Waals surface area contributed by atoms with Crippen LogP contribution in [0.3, 0.4) is 0 Å². The van der Waals surface area contributed by atoms with Crippen LogP contribution < -0.4 is 5.43 Å². The highest BCUT2D eigenvalue weighted by Crippen LogP contribution is 2.09. The summed E-state index contributed by atoms with van der Waals surface area (Å²) in [5.41, 5.74) is 4.95. The number of hydrogen-bond donors (Lipinski definition) is 1. The zero-order valence-electron chi connectivity index (χ0n) is 8.96. The van der Waals surface area contributed by atoms with Gasteiger partial charge in [0.25, 0.3) is 0 Å². The molecule has 1 N–H and O–H groups in total. The third-order valence-corrected chi connectivity index (χ3v) is 1.50. The molecule has 0 bridgehead atoms. The second-order valence-electron chi connectivity index (χ2n) is 3.41. The Bertz CT molecular complexity index is 214. The van der Waals surface area contributed by atoms with Crippen molar-refractivity contribution in [1.82, 2.24) is 10.4 Å². The topological polar surface area (TPSA) is 27.6 Å². The highest BCUT2D eigenvalue weighted by Gasteiger charge is 2.03. The van der Waals surface area contributed by atoms with E-state index in [4.69, 9.17) is 0 Å². The standard InChI is InChI=1S/C10H19N3/c1-8(2)10(12-13(5)6)7-9(3)11-4/h7-8,12H,3-4H2,1-2,5-6H3/b10-7-. The Morgan fingerprint density at radius 1 is 1.46 bits per heavy atom. The maximum Gasteiger partial charge on any atom is 0.0568 e. The number of aliphatic imine (C=N–C) groups is 1. The Hall–Kier alpha value is -1.09. The predicted molar refractivity (Wildman–Crippen MR) is 58.4 cm³/mol. The second-order valence-corrected chi connectivity index (χ2v) is 3.41. The van der Waals surface area contributed by atoms with Crippen molar-refractivity contribution in [1.29, 1.82) is 0 Å². The summed E-state index contributed by atoms with van der Waals surface area (Å²) in [7, 11) is 3.89. The van der Waals surface area contributed by atoms with Crippen LogP contribution in [0.15, 0.2) is 29.0 Å². The maximum atomic E-state index is 3.74. The average Bonchev–Trinajstić information content (AvgIpc) is 2.02. The van der Waals surface area contributed by atoms with Gasteiger partial charge < -0.3 is 5.43 Å². The summed E-state index contributed by atoms with van der Waals surface area (Å²) in [6.07, 6.45) is 1.90. The van der Waals surface area contributed by atoms with Crippen molar-refractivity contribution in [3.05, 3.63) is 24.0 Å². The first kappa shape index (κ1) is 11.9. The van der Waals surface area contributed by atoms with E-state index in [1.807, 2.05) is 25.2 Å². The zero-order chi connectivity index (χ0) is 10.4. The van der Waals surface area contributed by atoms with Crippen molar-refractivity contribution in [2.24, 2.45) is 10.9 Å². The smallest absolute Gasteiger partial charge is 0.0568 e. The van der Waals surface area contributed by atoms with Gasteiger partial charge in [0.05, 0.1) is 5.70 Å². The summed E-state index contributed by atoms with van der Waals surface area (Å²) in [5, 5.41) is 1.89. The molecule has 74 valence electrons. The van der Waals surface area contributed by atoms with E-state index < -0.39 is 0 Å². The lowest BCUT2D eigenvalue weighted by atomic mass is 10.1. The van der Waals surface area contributed by atoms with E-state index in [0.717, 1.165) is 5.70 Å². The lowest BCUT2D eigenvalue weighted by Gasteiger charge is -2.19. The molecule has 0 atom stereocenters. The van der Waals surface area contributed by atoms with Crippen LogP contribution >= 0.6 is 0 Å². The van der Waals surface area contributed by atoms with E-state index in [1.54, 1.807) is 0 Å². The molecule has 0 aromatic heterocycles. The fraction of sp³-hybridized carbons (Fsp3) is 0.500. The monoisotopic (exact) mass is 181 g/mol. The lowest BCUT2D eigenvalue weighted by molar-refractivity contribution is 0.311. The van der Waals surface area contributed by atoms with Crippen LogP contribution in [0.4, 0.5) is 0 Å². The Kier molecular flexibility index (Phi) is 5.07. The summed E-state index contributed by atoms with van der Waals surface area (Å²) in [5.74, 6) is 0.418. The summed E-state index contributed by atoms with van der Waals surface area (Å²) in [6, 6.07) is 0. The molecule has 0 aliphatic heterocycles. The van der Waals surface area contributed by atoms with Crippen LogP contribution in [0.5, 0.6) is 0 Å². The first-order valence-electron chi connectivity index (χ1n) is 4.28. The van der Waals surface area contributed by atoms with Crippen molar-refractivity contribution >= 4 is 6.72 Å². The van der Waals surface area contributed by atoms with Gasteiger partial charge in [0.15, 0.2) is 0 Å². The molecule has 13 heavy (non-hydrogen) atoms. The van der Waals surface area contributed by atoms with Crippen LogP contribution in [-0.4, -0.2) is 25.8 Å². The van der Waals surface area contributed by atoms with Gasteiger partial charge in [-0.1, -0.05) is 20.4 Å². The molecule has 0 heterocycles. The van der Waals surface area contributed by atoms with Gasteiger partial charge in [-0.3, -0.25) is 4.99 Å². The van der Waals surface area contributed by atoms with Crippen molar-refractivity contribution in [3.63, 3.8) is 0 Å². The van der Waals surface area contributed by atoms with E-state index in [2.05, 4.69) is 37.6 Å². The van der Waals surface area contributed by atoms with Crippen molar-refractivity contribution in [2.45, 2.75) is 13.8 Å². The zero-order valence-corrected chi connectivity index (χ0v) is 8.96. The molecule has 0 radical (unpaired) electrons. The Morgan fingerprint density at radius 2 is 2.00 bits per heavy atom. The van der Waals surface area contributed by atoms with Gasteiger partial charge in [-0.25, -0.2) is 5.01 Å². The Labute approximate surface area is 80.8 Å². The molecular weight excluding hydrogens is 162 g/mol. The first-order chi connectivity index (χ1) is 5.97. The fourth-order valence-electron chi connectivity index (χ4n) is 0.811. The second kappa shape index (κ2) is 5.54.